The molecule has 4 nitrogen and oxygen atoms in total. The summed E-state index contributed by atoms with van der Waals surface area (Å²) in [5.74, 6) is -2.01. The molecule has 5 heteroatoms. The molecule has 3 atom stereocenters. The largest absolute Gasteiger partial charge is 0.465 e. The van der Waals surface area contributed by atoms with Crippen LogP contribution in [0.25, 0.3) is 0 Å². The minimum Gasteiger partial charge on any atom is -0.465 e. The molecule has 1 aliphatic rings. The van der Waals surface area contributed by atoms with Crippen molar-refractivity contribution < 1.29 is 18.7 Å². The van der Waals surface area contributed by atoms with Gasteiger partial charge in [0.2, 0.25) is 0 Å². The first kappa shape index (κ1) is 18.4. The molecule has 2 rings (SSSR count). The number of hydrogen-bond acceptors (Lipinski definition) is 4. The number of benzene rings is 1. The first-order valence-electron chi connectivity index (χ1n) is 8.33. The van der Waals surface area contributed by atoms with Crippen molar-refractivity contribution in [3.05, 3.63) is 35.6 Å². The van der Waals surface area contributed by atoms with Gasteiger partial charge in [-0.25, -0.2) is 4.39 Å². The van der Waals surface area contributed by atoms with Crippen molar-refractivity contribution in [1.29, 1.82) is 5.26 Å². The van der Waals surface area contributed by atoms with Crippen LogP contribution in [-0.4, -0.2) is 24.8 Å². The molecule has 1 fully saturated rings. The molecule has 130 valence electrons. The molecule has 0 aromatic heterocycles. The fourth-order valence-electron chi connectivity index (χ4n) is 3.52. The first-order chi connectivity index (χ1) is 11.4. The maximum Gasteiger partial charge on any atom is 0.323 e. The number of hydrogen-bond donors (Lipinski definition) is 0. The van der Waals surface area contributed by atoms with Crippen molar-refractivity contribution in [2.45, 2.75) is 45.1 Å². The van der Waals surface area contributed by atoms with E-state index in [2.05, 4.69) is 6.07 Å². The lowest BCUT2D eigenvalue weighted by Gasteiger charge is -2.40. The zero-order chi connectivity index (χ0) is 17.7. The number of carbonyl (C=O) groups excluding carboxylic acids is 1. The molecular weight excluding hydrogens is 309 g/mol. The third-order valence-corrected chi connectivity index (χ3v) is 4.54. The maximum atomic E-state index is 13.3. The van der Waals surface area contributed by atoms with Crippen LogP contribution in [0.3, 0.4) is 0 Å². The van der Waals surface area contributed by atoms with E-state index < -0.39 is 11.9 Å². The van der Waals surface area contributed by atoms with Crippen LogP contribution in [0.1, 0.15) is 45.1 Å². The quantitative estimate of drug-likeness (QED) is 0.769. The predicted octanol–water partition coefficient (Wildman–Crippen LogP) is 3.82. The summed E-state index contributed by atoms with van der Waals surface area (Å²) in [5.41, 5.74) is 0.481. The molecule has 1 aliphatic heterocycles. The van der Waals surface area contributed by atoms with Gasteiger partial charge in [0, 0.05) is 12.5 Å². The molecular formula is C19H24FNO3. The highest BCUT2D eigenvalue weighted by Gasteiger charge is 2.41. The van der Waals surface area contributed by atoms with E-state index >= 15 is 0 Å². The maximum absolute atomic E-state index is 13.3. The second-order valence-electron chi connectivity index (χ2n) is 6.80. The van der Waals surface area contributed by atoms with E-state index in [1.165, 1.54) is 12.1 Å². The zero-order valence-corrected chi connectivity index (χ0v) is 14.4. The van der Waals surface area contributed by atoms with Gasteiger partial charge >= 0.3 is 5.97 Å². The van der Waals surface area contributed by atoms with Crippen molar-refractivity contribution in [1.82, 2.24) is 0 Å². The molecule has 24 heavy (non-hydrogen) atoms. The third kappa shape index (κ3) is 4.33. The lowest BCUT2D eigenvalue weighted by atomic mass is 9.71. The normalized spacial score (nSPS) is 22.2. The SMILES string of the molecule is CCOC(=O)[C@@H](C#N)[C@H](c1ccc(F)cc1)[C@H]1CCOC(C)(C)C1. The topological polar surface area (TPSA) is 59.3 Å². The van der Waals surface area contributed by atoms with E-state index in [9.17, 15) is 14.4 Å². The van der Waals surface area contributed by atoms with Gasteiger partial charge in [-0.15, -0.1) is 0 Å². The van der Waals surface area contributed by atoms with Crippen molar-refractivity contribution >= 4 is 5.97 Å². The summed E-state index contributed by atoms with van der Waals surface area (Å²) in [6, 6.07) is 8.17. The van der Waals surface area contributed by atoms with Gasteiger partial charge in [-0.3, -0.25) is 4.79 Å². The Hall–Kier alpha value is -1.93. The summed E-state index contributed by atoms with van der Waals surface area (Å²) >= 11 is 0. The minimum atomic E-state index is -0.908. The summed E-state index contributed by atoms with van der Waals surface area (Å²) in [5, 5.41) is 9.61. The number of rotatable bonds is 5. The van der Waals surface area contributed by atoms with Gasteiger partial charge in [0.25, 0.3) is 0 Å². The highest BCUT2D eigenvalue weighted by molar-refractivity contribution is 5.76. The van der Waals surface area contributed by atoms with Crippen molar-refractivity contribution in [3.8, 4) is 6.07 Å². The van der Waals surface area contributed by atoms with Gasteiger partial charge < -0.3 is 9.47 Å². The molecule has 0 spiro atoms. The summed E-state index contributed by atoms with van der Waals surface area (Å²) < 4.78 is 24.2. The molecule has 0 bridgehead atoms. The number of esters is 1. The fraction of sp³-hybridized carbons (Fsp3) is 0.579. The Morgan fingerprint density at radius 1 is 1.46 bits per heavy atom. The van der Waals surface area contributed by atoms with Gasteiger partial charge in [0.05, 0.1) is 18.3 Å². The van der Waals surface area contributed by atoms with Crippen LogP contribution in [0.4, 0.5) is 4.39 Å². The standard InChI is InChI=1S/C19H24FNO3/c1-4-23-18(22)16(12-21)17(13-5-7-15(20)8-6-13)14-9-10-24-19(2,3)11-14/h5-8,14,16-17H,4,9-11H2,1-3H3/t14-,16-,17+/m0/s1. The number of nitrogens with zero attached hydrogens (tertiary/aromatic N) is 1. The molecule has 0 aliphatic carbocycles. The molecule has 0 N–H and O–H groups in total. The van der Waals surface area contributed by atoms with Crippen LogP contribution in [0.5, 0.6) is 0 Å². The number of halogens is 1. The lowest BCUT2D eigenvalue weighted by molar-refractivity contribution is -0.148. The minimum absolute atomic E-state index is 0.0910. The highest BCUT2D eigenvalue weighted by Crippen LogP contribution is 2.42. The van der Waals surface area contributed by atoms with Gasteiger partial charge in [-0.2, -0.15) is 5.26 Å². The second kappa shape index (κ2) is 7.76. The van der Waals surface area contributed by atoms with Gasteiger partial charge in [0.15, 0.2) is 5.92 Å². The van der Waals surface area contributed by atoms with E-state index in [4.69, 9.17) is 9.47 Å². The van der Waals surface area contributed by atoms with Crippen LogP contribution < -0.4 is 0 Å². The van der Waals surface area contributed by atoms with E-state index in [-0.39, 0.29) is 29.9 Å². The lowest BCUT2D eigenvalue weighted by Crippen LogP contribution is -2.39. The van der Waals surface area contributed by atoms with Crippen LogP contribution in [-0.2, 0) is 14.3 Å². The summed E-state index contributed by atoms with van der Waals surface area (Å²) in [6.07, 6.45) is 1.48. The van der Waals surface area contributed by atoms with Gasteiger partial charge in [0.1, 0.15) is 5.82 Å². The van der Waals surface area contributed by atoms with Crippen molar-refractivity contribution in [2.75, 3.05) is 13.2 Å². The second-order valence-corrected chi connectivity index (χ2v) is 6.80. The summed E-state index contributed by atoms with van der Waals surface area (Å²) in [6.45, 7) is 6.54. The van der Waals surface area contributed by atoms with E-state index in [0.29, 0.717) is 6.61 Å². The van der Waals surface area contributed by atoms with Crippen LogP contribution >= 0.6 is 0 Å². The van der Waals surface area contributed by atoms with Crippen molar-refractivity contribution in [2.24, 2.45) is 11.8 Å². The highest BCUT2D eigenvalue weighted by atomic mass is 19.1. The van der Waals surface area contributed by atoms with E-state index in [1.807, 2.05) is 13.8 Å². The van der Waals surface area contributed by atoms with Gasteiger partial charge in [-0.1, -0.05) is 12.1 Å². The Bertz CT molecular complexity index is 606. The molecule has 1 aromatic rings. The van der Waals surface area contributed by atoms with Crippen LogP contribution in [0, 0.1) is 29.0 Å². The zero-order valence-electron chi connectivity index (χ0n) is 14.4. The molecule has 1 saturated heterocycles. The van der Waals surface area contributed by atoms with Crippen LogP contribution in [0.2, 0.25) is 0 Å². The number of nitriles is 1. The smallest absolute Gasteiger partial charge is 0.323 e. The molecule has 0 saturated carbocycles. The average Bonchev–Trinajstić information content (AvgIpc) is 2.52. The Balaban J connectivity index is 2.38. The Morgan fingerprint density at radius 2 is 2.12 bits per heavy atom. The molecule has 0 amide bonds. The Kier molecular flexibility index (Phi) is 5.95. The summed E-state index contributed by atoms with van der Waals surface area (Å²) in [7, 11) is 0. The monoisotopic (exact) mass is 333 g/mol. The molecule has 0 radical (unpaired) electrons. The fourth-order valence-corrected chi connectivity index (χ4v) is 3.52. The average molecular weight is 333 g/mol. The Morgan fingerprint density at radius 3 is 2.67 bits per heavy atom. The van der Waals surface area contributed by atoms with Gasteiger partial charge in [-0.05, 0) is 57.2 Å². The van der Waals surface area contributed by atoms with E-state index in [0.717, 1.165) is 18.4 Å². The molecule has 1 heterocycles. The summed E-state index contributed by atoms with van der Waals surface area (Å²) in [4.78, 5) is 12.3. The molecule has 1 aromatic carbocycles. The molecule has 0 unspecified atom stereocenters. The number of carbonyl (C=O) groups is 1. The first-order valence-corrected chi connectivity index (χ1v) is 8.33. The van der Waals surface area contributed by atoms with Crippen molar-refractivity contribution in [3.63, 3.8) is 0 Å². The third-order valence-electron chi connectivity index (χ3n) is 4.54. The number of ether oxygens (including phenoxy) is 2. The predicted molar refractivity (Wildman–Crippen MR) is 87.6 cm³/mol. The Labute approximate surface area is 142 Å². The van der Waals surface area contributed by atoms with Crippen LogP contribution in [0.15, 0.2) is 24.3 Å². The van der Waals surface area contributed by atoms with E-state index in [1.54, 1.807) is 19.1 Å².